The highest BCUT2D eigenvalue weighted by molar-refractivity contribution is 6.20. The molecule has 1 aliphatic rings. The number of benzene rings is 1. The van der Waals surface area contributed by atoms with E-state index in [4.69, 9.17) is 11.6 Å². The number of halogens is 2. The molecule has 0 heterocycles. The van der Waals surface area contributed by atoms with E-state index in [1.54, 1.807) is 12.1 Å². The van der Waals surface area contributed by atoms with Gasteiger partial charge in [-0.1, -0.05) is 25.0 Å². The lowest BCUT2D eigenvalue weighted by atomic mass is 9.89. The summed E-state index contributed by atoms with van der Waals surface area (Å²) in [6.07, 6.45) is 4.89. The largest absolute Gasteiger partial charge is 0.312 e. The fourth-order valence-corrected chi connectivity index (χ4v) is 2.81. The van der Waals surface area contributed by atoms with E-state index in [1.165, 1.54) is 25.3 Å². The van der Waals surface area contributed by atoms with Gasteiger partial charge in [0.25, 0.3) is 0 Å². The first kappa shape index (κ1) is 12.8. The van der Waals surface area contributed by atoms with Gasteiger partial charge in [-0.25, -0.2) is 4.39 Å². The first-order chi connectivity index (χ1) is 8.25. The molecule has 0 spiro atoms. The van der Waals surface area contributed by atoms with Crippen LogP contribution in [0.3, 0.4) is 0 Å². The van der Waals surface area contributed by atoms with E-state index in [9.17, 15) is 4.39 Å². The molecule has 1 N–H and O–H groups in total. The predicted octanol–water partition coefficient (Wildman–Crippen LogP) is 3.71. The summed E-state index contributed by atoms with van der Waals surface area (Å²) in [6, 6.07) is 6.73. The molecule has 3 heteroatoms. The monoisotopic (exact) mass is 255 g/mol. The lowest BCUT2D eigenvalue weighted by Gasteiger charge is -2.27. The molecule has 2 atom stereocenters. The van der Waals surface area contributed by atoms with Gasteiger partial charge >= 0.3 is 0 Å². The van der Waals surface area contributed by atoms with Crippen molar-refractivity contribution in [2.75, 3.05) is 6.54 Å². The molecule has 1 fully saturated rings. The molecule has 0 radical (unpaired) electrons. The third-order valence-corrected chi connectivity index (χ3v) is 4.02. The minimum Gasteiger partial charge on any atom is -0.312 e. The molecule has 0 saturated heterocycles. The summed E-state index contributed by atoms with van der Waals surface area (Å²) in [5, 5.41) is 3.69. The molecule has 1 aromatic carbocycles. The van der Waals surface area contributed by atoms with Crippen molar-refractivity contribution in [2.45, 2.75) is 37.6 Å². The minimum absolute atomic E-state index is 0.169. The highest BCUT2D eigenvalue weighted by Gasteiger charge is 2.22. The Bertz CT molecular complexity index is 356. The van der Waals surface area contributed by atoms with Crippen molar-refractivity contribution in [1.82, 2.24) is 5.32 Å². The van der Waals surface area contributed by atoms with Crippen LogP contribution in [-0.4, -0.2) is 11.9 Å². The Morgan fingerprint density at radius 2 is 2.12 bits per heavy atom. The molecule has 17 heavy (non-hydrogen) atoms. The molecule has 1 aliphatic carbocycles. The molecule has 94 valence electrons. The van der Waals surface area contributed by atoms with Crippen LogP contribution in [-0.2, 0) is 6.54 Å². The fraction of sp³-hybridized carbons (Fsp3) is 0.571. The van der Waals surface area contributed by atoms with Gasteiger partial charge in [-0.15, -0.1) is 11.6 Å². The first-order valence-corrected chi connectivity index (χ1v) is 6.78. The Morgan fingerprint density at radius 3 is 2.88 bits per heavy atom. The van der Waals surface area contributed by atoms with Crippen molar-refractivity contribution in [3.63, 3.8) is 0 Å². The zero-order valence-electron chi connectivity index (χ0n) is 9.96. The summed E-state index contributed by atoms with van der Waals surface area (Å²) in [5.41, 5.74) is 0.993. The SMILES string of the molecule is Fc1cccc(CNCC2CCCCC2Cl)c1. The van der Waals surface area contributed by atoms with Gasteiger partial charge in [0.15, 0.2) is 0 Å². The van der Waals surface area contributed by atoms with Gasteiger partial charge in [0.2, 0.25) is 0 Å². The van der Waals surface area contributed by atoms with E-state index in [0.717, 1.165) is 25.1 Å². The van der Waals surface area contributed by atoms with Crippen LogP contribution < -0.4 is 5.32 Å². The summed E-state index contributed by atoms with van der Waals surface area (Å²) < 4.78 is 13.0. The molecule has 1 nitrogen and oxygen atoms in total. The smallest absolute Gasteiger partial charge is 0.123 e. The quantitative estimate of drug-likeness (QED) is 0.809. The zero-order valence-corrected chi connectivity index (χ0v) is 10.7. The van der Waals surface area contributed by atoms with Crippen molar-refractivity contribution < 1.29 is 4.39 Å². The van der Waals surface area contributed by atoms with Gasteiger partial charge in [-0.05, 0) is 43.0 Å². The molecule has 0 bridgehead atoms. The average Bonchev–Trinajstić information content (AvgIpc) is 2.32. The maximum Gasteiger partial charge on any atom is 0.123 e. The summed E-state index contributed by atoms with van der Waals surface area (Å²) in [4.78, 5) is 0. The summed E-state index contributed by atoms with van der Waals surface area (Å²) in [7, 11) is 0. The lowest BCUT2D eigenvalue weighted by Crippen LogP contribution is -2.30. The molecule has 1 saturated carbocycles. The topological polar surface area (TPSA) is 12.0 Å². The van der Waals surface area contributed by atoms with Crippen molar-refractivity contribution in [3.8, 4) is 0 Å². The Kier molecular flexibility index (Phi) is 4.81. The zero-order chi connectivity index (χ0) is 12.1. The molecule has 0 aromatic heterocycles. The van der Waals surface area contributed by atoms with E-state index < -0.39 is 0 Å². The van der Waals surface area contributed by atoms with Gasteiger partial charge in [-0.2, -0.15) is 0 Å². The third kappa shape index (κ3) is 3.97. The van der Waals surface area contributed by atoms with Gasteiger partial charge in [0.1, 0.15) is 5.82 Å². The van der Waals surface area contributed by atoms with Crippen LogP contribution in [0.25, 0.3) is 0 Å². The molecule has 0 aliphatic heterocycles. The standard InChI is InChI=1S/C14H19ClFN/c15-14-7-2-1-5-12(14)10-17-9-11-4-3-6-13(16)8-11/h3-4,6,8,12,14,17H,1-2,5,7,9-10H2. The molecule has 2 unspecified atom stereocenters. The number of hydrogen-bond acceptors (Lipinski definition) is 1. The van der Waals surface area contributed by atoms with E-state index >= 15 is 0 Å². The summed E-state index contributed by atoms with van der Waals surface area (Å²) >= 11 is 6.29. The summed E-state index contributed by atoms with van der Waals surface area (Å²) in [5.74, 6) is 0.399. The van der Waals surface area contributed by atoms with Gasteiger partial charge in [0.05, 0.1) is 0 Å². The Morgan fingerprint density at radius 1 is 1.29 bits per heavy atom. The molecule has 2 rings (SSSR count). The summed E-state index contributed by atoms with van der Waals surface area (Å²) in [6.45, 7) is 1.66. The second-order valence-electron chi connectivity index (χ2n) is 4.82. The Hall–Kier alpha value is -0.600. The lowest BCUT2D eigenvalue weighted by molar-refractivity contribution is 0.348. The maximum absolute atomic E-state index is 13.0. The number of rotatable bonds is 4. The maximum atomic E-state index is 13.0. The van der Waals surface area contributed by atoms with Crippen LogP contribution in [0.4, 0.5) is 4.39 Å². The van der Waals surface area contributed by atoms with Gasteiger partial charge < -0.3 is 5.32 Å². The highest BCUT2D eigenvalue weighted by Crippen LogP contribution is 2.28. The third-order valence-electron chi connectivity index (χ3n) is 3.44. The predicted molar refractivity (Wildman–Crippen MR) is 69.7 cm³/mol. The Labute approximate surface area is 107 Å². The van der Waals surface area contributed by atoms with Crippen molar-refractivity contribution in [2.24, 2.45) is 5.92 Å². The van der Waals surface area contributed by atoms with Crippen LogP contribution in [0.1, 0.15) is 31.2 Å². The van der Waals surface area contributed by atoms with E-state index in [0.29, 0.717) is 11.3 Å². The number of hydrogen-bond donors (Lipinski definition) is 1. The van der Waals surface area contributed by atoms with E-state index in [-0.39, 0.29) is 5.82 Å². The van der Waals surface area contributed by atoms with Gasteiger partial charge in [-0.3, -0.25) is 0 Å². The van der Waals surface area contributed by atoms with Crippen molar-refractivity contribution in [3.05, 3.63) is 35.6 Å². The second kappa shape index (κ2) is 6.36. The first-order valence-electron chi connectivity index (χ1n) is 6.35. The van der Waals surface area contributed by atoms with Gasteiger partial charge in [0, 0.05) is 11.9 Å². The number of alkyl halides is 1. The minimum atomic E-state index is -0.169. The molecule has 0 amide bonds. The fourth-order valence-electron chi connectivity index (χ4n) is 2.44. The van der Waals surface area contributed by atoms with Crippen LogP contribution in [0, 0.1) is 11.7 Å². The number of nitrogens with one attached hydrogen (secondary N) is 1. The molecular weight excluding hydrogens is 237 g/mol. The molecule has 1 aromatic rings. The highest BCUT2D eigenvalue weighted by atomic mass is 35.5. The average molecular weight is 256 g/mol. The van der Waals surface area contributed by atoms with Crippen LogP contribution in [0.15, 0.2) is 24.3 Å². The Balaban J connectivity index is 1.75. The van der Waals surface area contributed by atoms with E-state index in [1.807, 2.05) is 6.07 Å². The second-order valence-corrected chi connectivity index (χ2v) is 5.38. The van der Waals surface area contributed by atoms with Crippen molar-refractivity contribution >= 4 is 11.6 Å². The molecular formula is C14H19ClFN. The van der Waals surface area contributed by atoms with E-state index in [2.05, 4.69) is 5.32 Å². The van der Waals surface area contributed by atoms with Crippen LogP contribution in [0.5, 0.6) is 0 Å². The normalized spacial score (nSPS) is 24.8. The van der Waals surface area contributed by atoms with Crippen molar-refractivity contribution in [1.29, 1.82) is 0 Å². The van der Waals surface area contributed by atoms with Crippen LogP contribution >= 0.6 is 11.6 Å². The van der Waals surface area contributed by atoms with Crippen LogP contribution in [0.2, 0.25) is 0 Å².